The summed E-state index contributed by atoms with van der Waals surface area (Å²) in [5.41, 5.74) is 1.53. The van der Waals surface area contributed by atoms with Gasteiger partial charge in [-0.05, 0) is 24.8 Å². The lowest BCUT2D eigenvalue weighted by molar-refractivity contribution is -0.0636. The van der Waals surface area contributed by atoms with Crippen molar-refractivity contribution in [3.8, 4) is 0 Å². The van der Waals surface area contributed by atoms with Crippen LogP contribution < -0.4 is 0 Å². The van der Waals surface area contributed by atoms with Crippen LogP contribution in [0.1, 0.15) is 23.3 Å². The second-order valence-corrected chi connectivity index (χ2v) is 6.69. The van der Waals surface area contributed by atoms with E-state index >= 15 is 0 Å². The molecule has 6 rings (SSSR count). The van der Waals surface area contributed by atoms with E-state index in [4.69, 9.17) is 0 Å². The second kappa shape index (κ2) is 4.07. The molecule has 1 aromatic carbocycles. The zero-order chi connectivity index (χ0) is 14.0. The quantitative estimate of drug-likeness (QED) is 0.862. The van der Waals surface area contributed by atoms with E-state index in [1.54, 1.807) is 0 Å². The molecule has 21 heavy (non-hydrogen) atoms. The SMILES string of the molecule is O=C(c1n[nH]c2ccccc12)N1C2CC3CC1CN(C3)C2. The van der Waals surface area contributed by atoms with E-state index in [1.165, 1.54) is 19.4 Å². The molecule has 4 aliphatic heterocycles. The molecule has 4 bridgehead atoms. The Hall–Kier alpha value is -1.88. The number of hydrogen-bond donors (Lipinski definition) is 1. The van der Waals surface area contributed by atoms with Crippen molar-refractivity contribution >= 4 is 16.8 Å². The molecule has 1 aromatic heterocycles. The number of aromatic amines is 1. The van der Waals surface area contributed by atoms with Crippen LogP contribution in [0.25, 0.3) is 10.9 Å². The van der Waals surface area contributed by atoms with Crippen molar-refractivity contribution in [1.82, 2.24) is 20.0 Å². The van der Waals surface area contributed by atoms with Gasteiger partial charge in [0.25, 0.3) is 5.91 Å². The fourth-order valence-corrected chi connectivity index (χ4v) is 4.63. The Bertz CT molecular complexity index is 694. The minimum atomic E-state index is 0.113. The minimum absolute atomic E-state index is 0.113. The molecule has 2 aromatic rings. The summed E-state index contributed by atoms with van der Waals surface area (Å²) < 4.78 is 0. The fraction of sp³-hybridized carbons (Fsp3) is 0.500. The van der Waals surface area contributed by atoms with Crippen molar-refractivity contribution in [3.05, 3.63) is 30.0 Å². The normalized spacial score (nSPS) is 33.8. The summed E-state index contributed by atoms with van der Waals surface area (Å²) in [7, 11) is 0. The first kappa shape index (κ1) is 11.7. The first-order chi connectivity index (χ1) is 10.3. The number of carbonyl (C=O) groups excluding carboxylic acids is 1. The van der Waals surface area contributed by atoms with Gasteiger partial charge in [0.2, 0.25) is 0 Å². The topological polar surface area (TPSA) is 52.2 Å². The van der Waals surface area contributed by atoms with E-state index < -0.39 is 0 Å². The summed E-state index contributed by atoms with van der Waals surface area (Å²) in [6.07, 6.45) is 2.34. The van der Waals surface area contributed by atoms with Gasteiger partial charge in [-0.15, -0.1) is 0 Å². The molecule has 4 saturated heterocycles. The Kier molecular flexibility index (Phi) is 2.28. The number of nitrogens with zero attached hydrogens (tertiary/aromatic N) is 3. The summed E-state index contributed by atoms with van der Waals surface area (Å²) in [6.45, 7) is 3.32. The van der Waals surface area contributed by atoms with Crippen LogP contribution in [0.3, 0.4) is 0 Å². The van der Waals surface area contributed by atoms with Crippen molar-refractivity contribution < 1.29 is 4.79 Å². The highest BCUT2D eigenvalue weighted by atomic mass is 16.2. The maximum absolute atomic E-state index is 13.0. The van der Waals surface area contributed by atoms with Crippen LogP contribution in [-0.4, -0.2) is 57.6 Å². The second-order valence-electron chi connectivity index (χ2n) is 6.69. The monoisotopic (exact) mass is 282 g/mol. The number of amides is 1. The summed E-state index contributed by atoms with van der Waals surface area (Å²) in [6, 6.07) is 8.65. The third kappa shape index (κ3) is 1.61. The number of nitrogens with one attached hydrogen (secondary N) is 1. The van der Waals surface area contributed by atoms with Crippen molar-refractivity contribution in [1.29, 1.82) is 0 Å². The first-order valence-electron chi connectivity index (χ1n) is 7.78. The molecule has 2 atom stereocenters. The van der Waals surface area contributed by atoms with Crippen LogP contribution in [0.15, 0.2) is 24.3 Å². The molecule has 4 fully saturated rings. The number of aromatic nitrogens is 2. The highest BCUT2D eigenvalue weighted by Crippen LogP contribution is 2.39. The summed E-state index contributed by atoms with van der Waals surface area (Å²) >= 11 is 0. The third-order valence-electron chi connectivity index (χ3n) is 5.36. The number of rotatable bonds is 1. The number of piperazine rings is 1. The molecule has 5 heterocycles. The largest absolute Gasteiger partial charge is 0.329 e. The van der Waals surface area contributed by atoms with E-state index in [0.29, 0.717) is 17.8 Å². The number of H-pyrrole nitrogens is 1. The Morgan fingerprint density at radius 2 is 1.90 bits per heavy atom. The fourth-order valence-electron chi connectivity index (χ4n) is 4.63. The lowest BCUT2D eigenvalue weighted by Crippen LogP contribution is -2.68. The average molecular weight is 282 g/mol. The van der Waals surface area contributed by atoms with Crippen molar-refractivity contribution in [2.75, 3.05) is 19.6 Å². The van der Waals surface area contributed by atoms with Crippen molar-refractivity contribution in [3.63, 3.8) is 0 Å². The number of para-hydroxylation sites is 1. The number of benzene rings is 1. The van der Waals surface area contributed by atoms with Crippen molar-refractivity contribution in [2.24, 2.45) is 5.92 Å². The van der Waals surface area contributed by atoms with Gasteiger partial charge < -0.3 is 4.90 Å². The lowest BCUT2D eigenvalue weighted by Gasteiger charge is -2.57. The van der Waals surface area contributed by atoms with Gasteiger partial charge in [-0.2, -0.15) is 5.10 Å². The molecule has 5 nitrogen and oxygen atoms in total. The first-order valence-corrected chi connectivity index (χ1v) is 7.78. The molecule has 108 valence electrons. The van der Waals surface area contributed by atoms with Gasteiger partial charge >= 0.3 is 0 Å². The summed E-state index contributed by atoms with van der Waals surface area (Å²) in [5.74, 6) is 0.907. The van der Waals surface area contributed by atoms with E-state index in [-0.39, 0.29) is 5.91 Å². The zero-order valence-electron chi connectivity index (χ0n) is 11.8. The average Bonchev–Trinajstić information content (AvgIpc) is 2.89. The van der Waals surface area contributed by atoms with Gasteiger partial charge in [0, 0.05) is 37.1 Å². The molecule has 1 N–H and O–H groups in total. The van der Waals surface area contributed by atoms with Gasteiger partial charge in [0.05, 0.1) is 5.52 Å². The standard InChI is InChI=1S/C16H18N4O/c21-16(15-13-3-1-2-4-14(13)17-18-15)20-11-5-10-6-12(20)9-19(7-10)8-11/h1-4,10-12H,5-9H2,(H,17,18). The smallest absolute Gasteiger partial charge is 0.275 e. The van der Waals surface area contributed by atoms with Gasteiger partial charge in [-0.1, -0.05) is 18.2 Å². The lowest BCUT2D eigenvalue weighted by atomic mass is 9.78. The molecule has 0 spiro atoms. The molecular formula is C16H18N4O. The number of fused-ring (bicyclic) bond motifs is 1. The van der Waals surface area contributed by atoms with Crippen LogP contribution in [0.5, 0.6) is 0 Å². The van der Waals surface area contributed by atoms with E-state index in [1.807, 2.05) is 24.3 Å². The van der Waals surface area contributed by atoms with E-state index in [9.17, 15) is 4.79 Å². The molecule has 1 amide bonds. The zero-order valence-corrected chi connectivity index (χ0v) is 11.8. The van der Waals surface area contributed by atoms with E-state index in [0.717, 1.165) is 29.9 Å². The molecule has 0 radical (unpaired) electrons. The van der Waals surface area contributed by atoms with Gasteiger partial charge in [-0.25, -0.2) is 0 Å². The molecule has 2 unspecified atom stereocenters. The van der Waals surface area contributed by atoms with Gasteiger partial charge in [-0.3, -0.25) is 14.8 Å². The maximum Gasteiger partial charge on any atom is 0.275 e. The Balaban J connectivity index is 1.54. The molecule has 0 aliphatic carbocycles. The van der Waals surface area contributed by atoms with Crippen LogP contribution >= 0.6 is 0 Å². The number of hydrogen-bond acceptors (Lipinski definition) is 3. The molecular weight excluding hydrogens is 264 g/mol. The molecule has 5 heteroatoms. The number of carbonyl (C=O) groups is 1. The van der Waals surface area contributed by atoms with Crippen LogP contribution in [0.2, 0.25) is 0 Å². The van der Waals surface area contributed by atoms with Crippen molar-refractivity contribution in [2.45, 2.75) is 24.9 Å². The number of piperidine rings is 3. The van der Waals surface area contributed by atoms with Crippen LogP contribution in [-0.2, 0) is 0 Å². The third-order valence-corrected chi connectivity index (χ3v) is 5.36. The minimum Gasteiger partial charge on any atom is -0.329 e. The predicted molar refractivity (Wildman–Crippen MR) is 79.0 cm³/mol. The predicted octanol–water partition coefficient (Wildman–Crippen LogP) is 1.48. The van der Waals surface area contributed by atoms with Crippen LogP contribution in [0, 0.1) is 5.92 Å². The Morgan fingerprint density at radius 3 is 2.67 bits per heavy atom. The van der Waals surface area contributed by atoms with Crippen LogP contribution in [0.4, 0.5) is 0 Å². The summed E-state index contributed by atoms with van der Waals surface area (Å²) in [5, 5.41) is 8.22. The highest BCUT2D eigenvalue weighted by Gasteiger charge is 2.48. The molecule has 0 saturated carbocycles. The molecule has 4 aliphatic rings. The Morgan fingerprint density at radius 1 is 1.14 bits per heavy atom. The van der Waals surface area contributed by atoms with E-state index in [2.05, 4.69) is 20.0 Å². The summed E-state index contributed by atoms with van der Waals surface area (Å²) in [4.78, 5) is 17.7. The van der Waals surface area contributed by atoms with Gasteiger partial charge in [0.1, 0.15) is 0 Å². The maximum atomic E-state index is 13.0. The highest BCUT2D eigenvalue weighted by molar-refractivity contribution is 6.05. The Labute approximate surface area is 122 Å². The van der Waals surface area contributed by atoms with Gasteiger partial charge in [0.15, 0.2) is 5.69 Å².